The van der Waals surface area contributed by atoms with Crippen LogP contribution in [0.4, 0.5) is 5.13 Å². The summed E-state index contributed by atoms with van der Waals surface area (Å²) in [5, 5.41) is 0.547. The highest BCUT2D eigenvalue weighted by molar-refractivity contribution is 9.10. The van der Waals surface area contributed by atoms with Gasteiger partial charge in [0.25, 0.3) is 0 Å². The minimum atomic E-state index is -3.87. The second-order valence-electron chi connectivity index (χ2n) is 8.47. The van der Waals surface area contributed by atoms with Crippen molar-refractivity contribution in [1.82, 2.24) is 9.29 Å². The van der Waals surface area contributed by atoms with Gasteiger partial charge in [0.1, 0.15) is 11.8 Å². The molecule has 7 nitrogen and oxygen atoms in total. The number of thiazole rings is 1. The summed E-state index contributed by atoms with van der Waals surface area (Å²) in [6, 6.07) is 20.9. The first kappa shape index (κ1) is 24.9. The number of carbonyl (C=O) groups is 1. The first-order valence-electron chi connectivity index (χ1n) is 11.4. The number of ether oxygens (including phenoxy) is 1. The Morgan fingerprint density at radius 2 is 1.89 bits per heavy atom. The third-order valence-electron chi connectivity index (χ3n) is 6.17. The number of aromatic nitrogens is 1. The molecule has 4 aromatic rings. The number of sulfonamides is 1. The molecular weight excluding hydrogens is 562 g/mol. The molecule has 1 aliphatic rings. The van der Waals surface area contributed by atoms with Crippen LogP contribution in [-0.4, -0.2) is 43.3 Å². The Kier molecular flexibility index (Phi) is 7.11. The summed E-state index contributed by atoms with van der Waals surface area (Å²) in [6.45, 7) is 0.588. The molecule has 0 spiro atoms. The van der Waals surface area contributed by atoms with Crippen LogP contribution >= 0.6 is 27.3 Å². The van der Waals surface area contributed by atoms with Crippen LogP contribution in [0.1, 0.15) is 18.4 Å². The van der Waals surface area contributed by atoms with Crippen LogP contribution in [0.25, 0.3) is 10.2 Å². The SMILES string of the molecule is COc1ccc(S(=O)(=O)N2CCCC2C(=O)N(Cc2ccccc2)c2nc3ccc(Br)cc3s2)cc1. The molecule has 1 fully saturated rings. The van der Waals surface area contributed by atoms with E-state index in [1.165, 1.54) is 34.9 Å². The number of halogens is 1. The predicted molar refractivity (Wildman–Crippen MR) is 145 cm³/mol. The molecule has 0 saturated carbocycles. The van der Waals surface area contributed by atoms with Gasteiger partial charge >= 0.3 is 0 Å². The zero-order chi connectivity index (χ0) is 25.3. The van der Waals surface area contributed by atoms with E-state index in [-0.39, 0.29) is 17.3 Å². The Morgan fingerprint density at radius 3 is 2.61 bits per heavy atom. The number of benzene rings is 3. The molecule has 1 aromatic heterocycles. The van der Waals surface area contributed by atoms with Crippen molar-refractivity contribution in [2.24, 2.45) is 0 Å². The zero-order valence-electron chi connectivity index (χ0n) is 19.5. The molecule has 5 rings (SSSR count). The van der Waals surface area contributed by atoms with Gasteiger partial charge in [-0.2, -0.15) is 4.31 Å². The molecule has 2 heterocycles. The van der Waals surface area contributed by atoms with Gasteiger partial charge < -0.3 is 4.74 Å². The first-order valence-corrected chi connectivity index (χ1v) is 14.5. The van der Waals surface area contributed by atoms with Gasteiger partial charge in [-0.3, -0.25) is 9.69 Å². The standard InChI is InChI=1S/C26H24BrN3O4S2/c1-34-20-10-12-21(13-11-20)36(32,33)30-15-5-8-23(30)25(31)29(17-18-6-3-2-4-7-18)26-28-22-14-9-19(27)16-24(22)35-26/h2-4,6-7,9-14,16,23H,5,8,15,17H2,1H3. The van der Waals surface area contributed by atoms with E-state index in [1.807, 2.05) is 48.5 Å². The van der Waals surface area contributed by atoms with E-state index in [2.05, 4.69) is 15.9 Å². The average Bonchev–Trinajstić information content (AvgIpc) is 3.55. The highest BCUT2D eigenvalue weighted by Gasteiger charge is 2.42. The molecule has 0 aliphatic carbocycles. The summed E-state index contributed by atoms with van der Waals surface area (Å²) in [6.07, 6.45) is 1.06. The number of amides is 1. The summed E-state index contributed by atoms with van der Waals surface area (Å²) in [5.41, 5.74) is 1.73. The number of nitrogens with zero attached hydrogens (tertiary/aromatic N) is 3. The Morgan fingerprint density at radius 1 is 1.14 bits per heavy atom. The molecule has 1 amide bonds. The highest BCUT2D eigenvalue weighted by atomic mass is 79.9. The fourth-order valence-corrected chi connectivity index (χ4v) is 7.52. The maximum absolute atomic E-state index is 14.0. The van der Waals surface area contributed by atoms with Crippen molar-refractivity contribution in [1.29, 1.82) is 0 Å². The number of hydrogen-bond acceptors (Lipinski definition) is 6. The lowest BCUT2D eigenvalue weighted by Crippen LogP contribution is -2.47. The molecule has 36 heavy (non-hydrogen) atoms. The van der Waals surface area contributed by atoms with Crippen molar-refractivity contribution in [3.05, 3.63) is 82.8 Å². The summed E-state index contributed by atoms with van der Waals surface area (Å²) >= 11 is 4.91. The number of hydrogen-bond donors (Lipinski definition) is 0. The molecule has 0 bridgehead atoms. The van der Waals surface area contributed by atoms with E-state index in [1.54, 1.807) is 17.0 Å². The van der Waals surface area contributed by atoms with Crippen LogP contribution < -0.4 is 9.64 Å². The van der Waals surface area contributed by atoms with Crippen molar-refractivity contribution in [3.8, 4) is 5.75 Å². The van der Waals surface area contributed by atoms with Crippen LogP contribution in [0.5, 0.6) is 5.75 Å². The van der Waals surface area contributed by atoms with E-state index >= 15 is 0 Å². The fraction of sp³-hybridized carbons (Fsp3) is 0.231. The maximum atomic E-state index is 14.0. The van der Waals surface area contributed by atoms with Gasteiger partial charge in [-0.25, -0.2) is 13.4 Å². The lowest BCUT2D eigenvalue weighted by molar-refractivity contribution is -0.121. The van der Waals surface area contributed by atoms with Gasteiger partial charge in [-0.05, 0) is 60.9 Å². The molecule has 1 unspecified atom stereocenters. The monoisotopic (exact) mass is 585 g/mol. The maximum Gasteiger partial charge on any atom is 0.247 e. The largest absolute Gasteiger partial charge is 0.497 e. The Balaban J connectivity index is 1.51. The van der Waals surface area contributed by atoms with Crippen molar-refractivity contribution >= 4 is 58.5 Å². The predicted octanol–water partition coefficient (Wildman–Crippen LogP) is 5.45. The average molecular weight is 587 g/mol. The van der Waals surface area contributed by atoms with Crippen LogP contribution in [0.2, 0.25) is 0 Å². The minimum absolute atomic E-state index is 0.141. The van der Waals surface area contributed by atoms with Crippen LogP contribution in [-0.2, 0) is 21.4 Å². The number of anilines is 1. The third kappa shape index (κ3) is 4.90. The van der Waals surface area contributed by atoms with Gasteiger partial charge in [0.05, 0.1) is 28.8 Å². The molecule has 186 valence electrons. The van der Waals surface area contributed by atoms with E-state index in [0.717, 1.165) is 20.3 Å². The molecule has 1 aliphatic heterocycles. The Hall–Kier alpha value is -2.79. The molecule has 3 aromatic carbocycles. The van der Waals surface area contributed by atoms with E-state index in [4.69, 9.17) is 9.72 Å². The van der Waals surface area contributed by atoms with Crippen LogP contribution in [0, 0.1) is 0 Å². The van der Waals surface area contributed by atoms with Gasteiger partial charge in [-0.15, -0.1) is 0 Å². The van der Waals surface area contributed by atoms with E-state index < -0.39 is 16.1 Å². The summed E-state index contributed by atoms with van der Waals surface area (Å²) in [4.78, 5) is 20.5. The summed E-state index contributed by atoms with van der Waals surface area (Å²) < 4.78 is 35.4. The molecule has 1 atom stereocenters. The molecular formula is C26H24BrN3O4S2. The van der Waals surface area contributed by atoms with Gasteiger partial charge in [-0.1, -0.05) is 57.6 Å². The number of fused-ring (bicyclic) bond motifs is 1. The lowest BCUT2D eigenvalue weighted by Gasteiger charge is -2.28. The summed E-state index contributed by atoms with van der Waals surface area (Å²) in [5.74, 6) is 0.297. The number of rotatable bonds is 7. The number of carbonyl (C=O) groups excluding carboxylic acids is 1. The Bertz CT molecular complexity index is 1490. The second-order valence-corrected chi connectivity index (χ2v) is 12.3. The quantitative estimate of drug-likeness (QED) is 0.288. The normalized spacial score (nSPS) is 16.3. The third-order valence-corrected chi connectivity index (χ3v) is 9.63. The van der Waals surface area contributed by atoms with Crippen molar-refractivity contribution < 1.29 is 17.9 Å². The minimum Gasteiger partial charge on any atom is -0.497 e. The topological polar surface area (TPSA) is 79.8 Å². The van der Waals surface area contributed by atoms with Crippen molar-refractivity contribution in [2.75, 3.05) is 18.6 Å². The van der Waals surface area contributed by atoms with Crippen LogP contribution in [0.15, 0.2) is 82.2 Å². The first-order chi connectivity index (χ1) is 17.4. The molecule has 1 saturated heterocycles. The van der Waals surface area contributed by atoms with Crippen molar-refractivity contribution in [3.63, 3.8) is 0 Å². The lowest BCUT2D eigenvalue weighted by atomic mass is 10.1. The van der Waals surface area contributed by atoms with Crippen molar-refractivity contribution in [2.45, 2.75) is 30.3 Å². The van der Waals surface area contributed by atoms with Gasteiger partial charge in [0, 0.05) is 11.0 Å². The Labute approximate surface area is 222 Å². The fourth-order valence-electron chi connectivity index (χ4n) is 4.35. The van der Waals surface area contributed by atoms with Gasteiger partial charge in [0.2, 0.25) is 15.9 Å². The van der Waals surface area contributed by atoms with Gasteiger partial charge in [0.15, 0.2) is 5.13 Å². The van der Waals surface area contributed by atoms with E-state index in [9.17, 15) is 13.2 Å². The molecule has 0 N–H and O–H groups in total. The summed E-state index contributed by atoms with van der Waals surface area (Å²) in [7, 11) is -2.34. The zero-order valence-corrected chi connectivity index (χ0v) is 22.7. The molecule has 10 heteroatoms. The highest BCUT2D eigenvalue weighted by Crippen LogP contribution is 2.34. The second kappa shape index (κ2) is 10.3. The molecule has 0 radical (unpaired) electrons. The smallest absolute Gasteiger partial charge is 0.247 e. The van der Waals surface area contributed by atoms with E-state index in [0.29, 0.717) is 30.3 Å². The number of methoxy groups -OCH3 is 1. The van der Waals surface area contributed by atoms with Crippen LogP contribution in [0.3, 0.4) is 0 Å².